The van der Waals surface area contributed by atoms with E-state index in [1.165, 1.54) is 7.02 Å². The molecule has 1 radical (unpaired) electrons. The SMILES string of the molecule is c1cc[c]2c(c1)Oc1cccc[c]1[Sb]2. The molecular weight excluding hydrogens is 282 g/mol. The summed E-state index contributed by atoms with van der Waals surface area (Å²) >= 11 is -0.424. The molecule has 0 unspecified atom stereocenters. The fraction of sp³-hybridized carbons (Fsp3) is 0. The maximum absolute atomic E-state index is 5.81. The van der Waals surface area contributed by atoms with Gasteiger partial charge in [-0.05, 0) is 0 Å². The summed E-state index contributed by atoms with van der Waals surface area (Å²) in [5.41, 5.74) is 0. The molecule has 3 rings (SSSR count). The Morgan fingerprint density at radius 3 is 1.79 bits per heavy atom. The minimum absolute atomic E-state index is 0.424. The first kappa shape index (κ1) is 8.37. The summed E-state index contributed by atoms with van der Waals surface area (Å²) in [6.45, 7) is 0. The Kier molecular flexibility index (Phi) is 1.99. The fourth-order valence-corrected chi connectivity index (χ4v) is 4.49. The molecule has 2 aromatic rings. The predicted molar refractivity (Wildman–Crippen MR) is 58.0 cm³/mol. The molecule has 14 heavy (non-hydrogen) atoms. The minimum atomic E-state index is -0.424. The van der Waals surface area contributed by atoms with E-state index in [4.69, 9.17) is 4.74 Å². The molecule has 2 aromatic carbocycles. The zero-order valence-electron chi connectivity index (χ0n) is 7.47. The van der Waals surface area contributed by atoms with Crippen molar-refractivity contribution < 1.29 is 4.74 Å². The first-order chi connectivity index (χ1) is 6.93. The van der Waals surface area contributed by atoms with Crippen LogP contribution in [0.25, 0.3) is 0 Å². The van der Waals surface area contributed by atoms with Gasteiger partial charge in [-0.25, -0.2) is 0 Å². The number of rotatable bonds is 0. The molecule has 0 spiro atoms. The van der Waals surface area contributed by atoms with Crippen LogP contribution in [0.2, 0.25) is 0 Å². The molecule has 2 heteroatoms. The molecule has 0 saturated heterocycles. The van der Waals surface area contributed by atoms with Gasteiger partial charge in [0.25, 0.3) is 0 Å². The van der Waals surface area contributed by atoms with Crippen LogP contribution in [-0.2, 0) is 0 Å². The zero-order valence-corrected chi connectivity index (χ0v) is 10.0. The number of benzene rings is 2. The maximum atomic E-state index is 5.81. The topological polar surface area (TPSA) is 9.23 Å². The summed E-state index contributed by atoms with van der Waals surface area (Å²) in [4.78, 5) is 0. The van der Waals surface area contributed by atoms with Gasteiger partial charge in [0.15, 0.2) is 0 Å². The molecule has 1 aliphatic heterocycles. The van der Waals surface area contributed by atoms with Crippen LogP contribution in [0.4, 0.5) is 0 Å². The average Bonchev–Trinajstić information content (AvgIpc) is 2.26. The second-order valence-corrected chi connectivity index (χ2v) is 6.54. The third-order valence-corrected chi connectivity index (χ3v) is 5.68. The Bertz CT molecular complexity index is 392. The van der Waals surface area contributed by atoms with Crippen molar-refractivity contribution in [3.63, 3.8) is 0 Å². The van der Waals surface area contributed by atoms with Crippen molar-refractivity contribution in [2.45, 2.75) is 0 Å². The van der Waals surface area contributed by atoms with E-state index in [0.717, 1.165) is 11.5 Å². The number of ether oxygens (including phenoxy) is 1. The van der Waals surface area contributed by atoms with E-state index in [1.807, 2.05) is 12.1 Å². The van der Waals surface area contributed by atoms with Gasteiger partial charge in [-0.15, -0.1) is 0 Å². The molecule has 0 N–H and O–H groups in total. The fourth-order valence-electron chi connectivity index (χ4n) is 1.52. The van der Waals surface area contributed by atoms with Crippen LogP contribution >= 0.6 is 0 Å². The Hall–Kier alpha value is -0.942. The normalized spacial score (nSPS) is 12.6. The van der Waals surface area contributed by atoms with Crippen LogP contribution in [0, 0.1) is 0 Å². The molecule has 0 fully saturated rings. The molecule has 67 valence electrons. The van der Waals surface area contributed by atoms with E-state index >= 15 is 0 Å². The summed E-state index contributed by atoms with van der Waals surface area (Å²) in [6.07, 6.45) is 0. The molecule has 0 bridgehead atoms. The molecule has 0 saturated carbocycles. The first-order valence-corrected chi connectivity index (χ1v) is 7.06. The van der Waals surface area contributed by atoms with Gasteiger partial charge >= 0.3 is 93.4 Å². The van der Waals surface area contributed by atoms with Crippen LogP contribution in [0.15, 0.2) is 48.5 Å². The van der Waals surface area contributed by atoms with E-state index in [0.29, 0.717) is 0 Å². The van der Waals surface area contributed by atoms with Gasteiger partial charge in [-0.2, -0.15) is 0 Å². The van der Waals surface area contributed by atoms with E-state index in [-0.39, 0.29) is 0 Å². The quantitative estimate of drug-likeness (QED) is 0.569. The third-order valence-electron chi connectivity index (χ3n) is 2.19. The summed E-state index contributed by atoms with van der Waals surface area (Å²) in [5.74, 6) is 2.12. The number of fused-ring (bicyclic) bond motifs is 2. The Labute approximate surface area is 93.2 Å². The van der Waals surface area contributed by atoms with Gasteiger partial charge in [-0.3, -0.25) is 0 Å². The van der Waals surface area contributed by atoms with Crippen LogP contribution in [0.3, 0.4) is 0 Å². The Balaban J connectivity index is 2.12. The monoisotopic (exact) mass is 289 g/mol. The van der Waals surface area contributed by atoms with Gasteiger partial charge in [0, 0.05) is 0 Å². The number of para-hydroxylation sites is 2. The van der Waals surface area contributed by atoms with Crippen LogP contribution < -0.4 is 11.8 Å². The second-order valence-electron chi connectivity index (χ2n) is 3.15. The van der Waals surface area contributed by atoms with E-state index in [9.17, 15) is 0 Å². The van der Waals surface area contributed by atoms with Gasteiger partial charge in [0.05, 0.1) is 0 Å². The van der Waals surface area contributed by atoms with Crippen molar-refractivity contribution in [1.29, 1.82) is 0 Å². The third kappa shape index (κ3) is 1.32. The van der Waals surface area contributed by atoms with E-state index < -0.39 is 21.6 Å². The van der Waals surface area contributed by atoms with Crippen molar-refractivity contribution in [3.8, 4) is 11.5 Å². The number of hydrogen-bond donors (Lipinski definition) is 0. The molecule has 1 nitrogen and oxygen atoms in total. The molecule has 1 aliphatic rings. The van der Waals surface area contributed by atoms with E-state index in [2.05, 4.69) is 36.4 Å². The predicted octanol–water partition coefficient (Wildman–Crippen LogP) is 1.45. The molecular formula is C12H8OSb. The molecule has 0 aromatic heterocycles. The molecule has 0 atom stereocenters. The summed E-state index contributed by atoms with van der Waals surface area (Å²) < 4.78 is 8.65. The summed E-state index contributed by atoms with van der Waals surface area (Å²) in [6, 6.07) is 16.7. The van der Waals surface area contributed by atoms with Crippen LogP contribution in [0.1, 0.15) is 0 Å². The second kappa shape index (κ2) is 3.33. The van der Waals surface area contributed by atoms with Crippen molar-refractivity contribution in [1.82, 2.24) is 0 Å². The van der Waals surface area contributed by atoms with Crippen LogP contribution in [-0.4, -0.2) is 21.6 Å². The molecule has 0 aliphatic carbocycles. The van der Waals surface area contributed by atoms with E-state index in [1.54, 1.807) is 0 Å². The average molecular weight is 290 g/mol. The van der Waals surface area contributed by atoms with Crippen molar-refractivity contribution in [2.24, 2.45) is 0 Å². The Morgan fingerprint density at radius 1 is 0.714 bits per heavy atom. The standard InChI is InChI=1S/C12H8O.Sb/c1-3-7-11(8-4-1)13-12-9-5-2-6-10-12;/h1-7,9H;. The Morgan fingerprint density at radius 2 is 1.21 bits per heavy atom. The molecule has 0 amide bonds. The number of hydrogen-bond acceptors (Lipinski definition) is 1. The molecule has 1 heterocycles. The van der Waals surface area contributed by atoms with Crippen molar-refractivity contribution in [3.05, 3.63) is 48.5 Å². The summed E-state index contributed by atoms with van der Waals surface area (Å²) in [7, 11) is 0. The van der Waals surface area contributed by atoms with Gasteiger partial charge in [-0.1, -0.05) is 0 Å². The zero-order chi connectivity index (χ0) is 9.38. The first-order valence-electron chi connectivity index (χ1n) is 4.51. The van der Waals surface area contributed by atoms with Crippen molar-refractivity contribution in [2.75, 3.05) is 0 Å². The summed E-state index contributed by atoms with van der Waals surface area (Å²) in [5, 5.41) is 0. The van der Waals surface area contributed by atoms with Crippen LogP contribution in [0.5, 0.6) is 11.5 Å². The van der Waals surface area contributed by atoms with Crippen molar-refractivity contribution >= 4 is 28.6 Å². The van der Waals surface area contributed by atoms with Gasteiger partial charge < -0.3 is 0 Å². The van der Waals surface area contributed by atoms with Gasteiger partial charge in [0.1, 0.15) is 0 Å². The van der Waals surface area contributed by atoms with Gasteiger partial charge in [0.2, 0.25) is 0 Å².